The monoisotopic (exact) mass is 1150 g/mol. The Morgan fingerprint density at radius 3 is 1.29 bits per heavy atom. The van der Waals surface area contributed by atoms with Crippen LogP contribution in [0.5, 0.6) is 11.5 Å². The third-order valence-corrected chi connectivity index (χ3v) is 4.47. The number of hydrogen-bond acceptors (Lipinski definition) is 8. The van der Waals surface area contributed by atoms with E-state index in [2.05, 4.69) is 46.5 Å². The van der Waals surface area contributed by atoms with Crippen LogP contribution in [0.25, 0.3) is 22.8 Å². The van der Waals surface area contributed by atoms with Crippen molar-refractivity contribution in [3.8, 4) is 34.3 Å². The molecule has 8 nitrogen and oxygen atoms in total. The van der Waals surface area contributed by atoms with Crippen molar-refractivity contribution in [3.63, 3.8) is 0 Å². The van der Waals surface area contributed by atoms with Gasteiger partial charge in [-0.3, -0.25) is 24.3 Å². The van der Waals surface area contributed by atoms with Gasteiger partial charge in [-0.15, -0.1) is 0 Å². The summed E-state index contributed by atoms with van der Waals surface area (Å²) < 4.78 is 25.7. The molecule has 0 saturated heterocycles. The zero-order valence-electron chi connectivity index (χ0n) is 22.8. The van der Waals surface area contributed by atoms with E-state index in [9.17, 15) is 4.39 Å². The molecule has 0 fully saturated rings. The van der Waals surface area contributed by atoms with Crippen LogP contribution in [0.15, 0.2) is 73.3 Å². The van der Waals surface area contributed by atoms with Crippen LogP contribution in [-0.4, -0.2) is 51.5 Å². The molecule has 0 radical (unpaired) electrons. The average Bonchev–Trinajstić information content (AvgIpc) is 3.01. The van der Waals surface area contributed by atoms with Crippen molar-refractivity contribution < 1.29 is 51.8 Å². The molecule has 0 bridgehead atoms. The summed E-state index contributed by atoms with van der Waals surface area (Å²) in [5, 5.41) is 18.1. The molecule has 17 heteroatoms. The molecule has 0 aliphatic rings. The van der Waals surface area contributed by atoms with Crippen LogP contribution in [0.3, 0.4) is 0 Å². The fourth-order valence-corrected chi connectivity index (χ4v) is 2.78. The van der Waals surface area contributed by atoms with E-state index in [1.807, 2.05) is 24.3 Å². The van der Waals surface area contributed by atoms with E-state index in [-0.39, 0.29) is 13.2 Å². The van der Waals surface area contributed by atoms with E-state index < -0.39 is 33.5 Å². The molecule has 0 aromatic carbocycles. The number of hydrogen-bond donors (Lipinski definition) is 2. The minimum atomic E-state index is -2.38. The Morgan fingerprint density at radius 1 is 0.762 bits per heavy atom. The molecular weight excluding hydrogens is 1130 g/mol. The van der Waals surface area contributed by atoms with Gasteiger partial charge in [-0.05, 0) is 47.5 Å². The quantitative estimate of drug-likeness (QED) is 0.199. The first-order valence-corrected chi connectivity index (χ1v) is 32.0. The number of alkyl halides is 1. The fourth-order valence-electron chi connectivity index (χ4n) is 2.78. The number of aliphatic hydroxyl groups excluding tert-OH is 2. The topological polar surface area (TPSA) is 110 Å². The van der Waals surface area contributed by atoms with Gasteiger partial charge in [-0.2, -0.15) is 0 Å². The van der Waals surface area contributed by atoms with Crippen molar-refractivity contribution in [2.45, 2.75) is 13.2 Å². The number of aliphatic hydroxyl groups is 2. The molecule has 4 aromatic rings. The molecule has 0 unspecified atom stereocenters. The van der Waals surface area contributed by atoms with Crippen molar-refractivity contribution in [3.05, 3.63) is 84.4 Å². The van der Waals surface area contributed by atoms with Crippen LogP contribution in [-0.2, 0) is 39.6 Å². The first-order chi connectivity index (χ1) is 20.5. The number of halogens is 7. The number of methoxy groups -OCH3 is 2. The average molecular weight is 1160 g/mol. The van der Waals surface area contributed by atoms with Gasteiger partial charge in [0, 0.05) is 36.9 Å². The van der Waals surface area contributed by atoms with Gasteiger partial charge in [0.15, 0.2) is 0 Å². The van der Waals surface area contributed by atoms with Crippen LogP contribution in [0, 0.1) is 0 Å². The molecule has 4 heterocycles. The SMILES string of the molecule is COc1ccnc(-c2cc(CO)ccn2)c1.COc1ccnc(-c2cc(CO)ccn2)c1.[2H]CF.[Cl][Pt]([Cl])([Br])[Br].[Cl][Pt][Cl]. The van der Waals surface area contributed by atoms with E-state index in [1.54, 1.807) is 63.3 Å². The van der Waals surface area contributed by atoms with Gasteiger partial charge in [0.1, 0.15) is 11.5 Å². The Kier molecular flexibility index (Phi) is 23.4. The molecule has 240 valence electrons. The van der Waals surface area contributed by atoms with Gasteiger partial charge in [0.2, 0.25) is 0 Å². The molecule has 0 aliphatic heterocycles. The van der Waals surface area contributed by atoms with Crippen molar-refractivity contribution >= 4 is 64.3 Å². The Hall–Kier alpha value is -0.453. The zero-order valence-corrected chi connectivity index (χ0v) is 32.6. The molecule has 2 N–H and O–H groups in total. The molecular formula is C25H27Br2Cl4FN4O4Pt2. The molecule has 0 aliphatic carbocycles. The number of pyridine rings is 4. The standard InChI is InChI=1S/2C12H12N2O2.CH3F.2BrH.4ClH.2Pt/c2*1-16-10-3-5-14-12(7-10)11-6-9(8-15)2-4-13-11;1-2;;;;;;;;/h2*2-7,15H,8H2,1H3;1H3;6*1H;;/q;;;;;;;;;+2;+4/p-6/i;;1D;;;;;;;;. The van der Waals surface area contributed by atoms with Crippen LogP contribution >= 0.6 is 64.3 Å². The number of aromatic nitrogens is 4. The maximum atomic E-state index is 9.96. The second-order valence-electron chi connectivity index (χ2n) is 6.89. The second-order valence-corrected chi connectivity index (χ2v) is 46.3. The number of nitrogens with zero attached hydrogens (tertiary/aromatic N) is 4. The third-order valence-electron chi connectivity index (χ3n) is 4.47. The van der Waals surface area contributed by atoms with Crippen LogP contribution < -0.4 is 9.47 Å². The van der Waals surface area contributed by atoms with E-state index in [0.717, 1.165) is 45.4 Å². The van der Waals surface area contributed by atoms with Crippen LogP contribution in [0.2, 0.25) is 0 Å². The predicted octanol–water partition coefficient (Wildman–Crippen LogP) is 8.32. The Bertz CT molecular complexity index is 1140. The van der Waals surface area contributed by atoms with Crippen LogP contribution in [0.4, 0.5) is 4.39 Å². The number of rotatable bonds is 6. The molecule has 4 rings (SSSR count). The predicted molar refractivity (Wildman–Crippen MR) is 168 cm³/mol. The van der Waals surface area contributed by atoms with Gasteiger partial charge in [-0.1, -0.05) is 0 Å². The fraction of sp³-hybridized carbons (Fsp3) is 0.200. The van der Waals surface area contributed by atoms with Gasteiger partial charge in [0.05, 0.1) is 58.7 Å². The van der Waals surface area contributed by atoms with Crippen molar-refractivity contribution in [2.24, 2.45) is 0 Å². The summed E-state index contributed by atoms with van der Waals surface area (Å²) in [6.07, 6.45) is 6.65. The molecule has 0 saturated carbocycles. The first-order valence-electron chi connectivity index (χ1n) is 11.5. The number of ether oxygens (including phenoxy) is 2. The zero-order chi connectivity index (χ0) is 32.7. The summed E-state index contributed by atoms with van der Waals surface area (Å²) in [4.78, 5) is 16.8. The molecule has 0 atom stereocenters. The molecule has 42 heavy (non-hydrogen) atoms. The summed E-state index contributed by atoms with van der Waals surface area (Å²) in [7, 11) is 20.2. The summed E-state index contributed by atoms with van der Waals surface area (Å²) >= 11 is 5.53. The van der Waals surface area contributed by atoms with Gasteiger partial charge in [-0.25, -0.2) is 0 Å². The Morgan fingerprint density at radius 2 is 1.02 bits per heavy atom. The van der Waals surface area contributed by atoms with Crippen molar-refractivity contribution in [2.75, 3.05) is 21.4 Å². The normalized spacial score (nSPS) is 10.5. The third kappa shape index (κ3) is 19.0. The summed E-state index contributed by atoms with van der Waals surface area (Å²) in [5.41, 5.74) is 4.55. The Balaban J connectivity index is 0.000000615. The van der Waals surface area contributed by atoms with Gasteiger partial charge in [0.25, 0.3) is 0 Å². The van der Waals surface area contributed by atoms with Gasteiger partial charge >= 0.3 is 90.6 Å². The summed E-state index contributed by atoms with van der Waals surface area (Å²) in [6, 6.07) is 14.3. The summed E-state index contributed by atoms with van der Waals surface area (Å²) in [5.74, 6) is 1.47. The van der Waals surface area contributed by atoms with E-state index in [1.165, 1.54) is 0 Å². The first kappa shape index (κ1) is 39.6. The molecule has 4 aromatic heterocycles. The van der Waals surface area contributed by atoms with Crippen molar-refractivity contribution in [1.82, 2.24) is 19.9 Å². The molecule has 0 spiro atoms. The van der Waals surface area contributed by atoms with E-state index in [0.29, 0.717) is 0 Å². The summed E-state index contributed by atoms with van der Waals surface area (Å²) in [6.45, 7) is -0.00101. The molecule has 0 amide bonds. The van der Waals surface area contributed by atoms with Crippen LogP contribution in [0.1, 0.15) is 12.5 Å². The van der Waals surface area contributed by atoms with Crippen molar-refractivity contribution in [1.29, 1.82) is 0 Å². The maximum absolute atomic E-state index is 9.96. The Labute approximate surface area is 286 Å². The van der Waals surface area contributed by atoms with E-state index in [4.69, 9.17) is 58.7 Å². The minimum absolute atomic E-state index is 0.000507. The van der Waals surface area contributed by atoms with Gasteiger partial charge < -0.3 is 19.7 Å². The van der Waals surface area contributed by atoms with E-state index >= 15 is 0 Å². The second kappa shape index (κ2) is 24.8.